The molecule has 1 aromatic carbocycles. The van der Waals surface area contributed by atoms with Crippen LogP contribution in [0.15, 0.2) is 42.1 Å². The Morgan fingerprint density at radius 1 is 1.35 bits per heavy atom. The first-order valence-electron chi connectivity index (χ1n) is 9.65. The van der Waals surface area contributed by atoms with Crippen molar-refractivity contribution in [2.75, 3.05) is 26.3 Å². The van der Waals surface area contributed by atoms with Gasteiger partial charge in [-0.25, -0.2) is 4.79 Å². The van der Waals surface area contributed by atoms with Gasteiger partial charge in [-0.15, -0.1) is 0 Å². The molecule has 0 amide bonds. The molecule has 1 heterocycles. The van der Waals surface area contributed by atoms with Crippen molar-refractivity contribution in [1.82, 2.24) is 10.4 Å². The monoisotopic (exact) mass is 429 g/mol. The second-order valence-electron chi connectivity index (χ2n) is 7.07. The molecule has 0 spiro atoms. The summed E-state index contributed by atoms with van der Waals surface area (Å²) in [7, 11) is 0. The standard InChI is InChI=1S/C21H23N3O7/c1-2-30-19(27)11-31-13-4-6-17(25)15(7-13)18(26)10-24-8-12-3-5-14(21(22)23-29)20(28)16(12)9-24/h3-8,14,16,25,29H,2,9-11H2,1H3,(H2,22,23). The molecule has 2 unspecified atom stereocenters. The highest BCUT2D eigenvalue weighted by atomic mass is 16.6. The maximum Gasteiger partial charge on any atom is 0.344 e. The summed E-state index contributed by atoms with van der Waals surface area (Å²) in [4.78, 5) is 38.4. The first kappa shape index (κ1) is 22.0. The van der Waals surface area contributed by atoms with Crippen LogP contribution in [-0.4, -0.2) is 64.9 Å². The number of allylic oxidation sites excluding steroid dienone is 1. The largest absolute Gasteiger partial charge is 0.507 e. The number of fused-ring (bicyclic) bond motifs is 1. The summed E-state index contributed by atoms with van der Waals surface area (Å²) in [5.41, 5.74) is 2.45. The molecule has 10 nitrogen and oxygen atoms in total. The van der Waals surface area contributed by atoms with Crippen LogP contribution >= 0.6 is 0 Å². The molecule has 2 aliphatic rings. The number of nitrogens with one attached hydrogen (secondary N) is 2. The van der Waals surface area contributed by atoms with E-state index in [2.05, 4.69) is 0 Å². The smallest absolute Gasteiger partial charge is 0.344 e. The number of aromatic hydroxyl groups is 1. The average molecular weight is 429 g/mol. The summed E-state index contributed by atoms with van der Waals surface area (Å²) in [5, 5.41) is 26.6. The molecule has 0 saturated carbocycles. The van der Waals surface area contributed by atoms with Gasteiger partial charge in [-0.2, -0.15) is 0 Å². The number of phenols is 1. The van der Waals surface area contributed by atoms with E-state index in [-0.39, 0.29) is 55.0 Å². The molecule has 2 atom stereocenters. The van der Waals surface area contributed by atoms with Gasteiger partial charge in [-0.05, 0) is 30.7 Å². The number of phenolic OH excluding ortho intramolecular Hbond substituents is 1. The van der Waals surface area contributed by atoms with Gasteiger partial charge in [0.2, 0.25) is 0 Å². The lowest BCUT2D eigenvalue weighted by Crippen LogP contribution is -2.39. The number of hydrogen-bond donors (Lipinski definition) is 4. The van der Waals surface area contributed by atoms with E-state index >= 15 is 0 Å². The third kappa shape index (κ3) is 4.92. The predicted molar refractivity (Wildman–Crippen MR) is 108 cm³/mol. The maximum absolute atomic E-state index is 12.8. The summed E-state index contributed by atoms with van der Waals surface area (Å²) in [5.74, 6) is -2.85. The lowest BCUT2D eigenvalue weighted by Gasteiger charge is -2.23. The SMILES string of the molecule is CCOC(=O)COc1ccc(O)c(C(=O)CN2C=C3C=CC(C(=N)NO)C(=O)C3C2)c1. The number of hydrogen-bond acceptors (Lipinski definition) is 9. The minimum absolute atomic E-state index is 0.0284. The number of ether oxygens (including phenoxy) is 2. The first-order valence-corrected chi connectivity index (χ1v) is 9.65. The number of rotatable bonds is 8. The van der Waals surface area contributed by atoms with Gasteiger partial charge in [0.1, 0.15) is 17.3 Å². The lowest BCUT2D eigenvalue weighted by molar-refractivity contribution is -0.145. The van der Waals surface area contributed by atoms with E-state index in [0.717, 1.165) is 5.57 Å². The average Bonchev–Trinajstić information content (AvgIpc) is 3.16. The van der Waals surface area contributed by atoms with E-state index in [9.17, 15) is 19.5 Å². The molecule has 0 bridgehead atoms. The Labute approximate surface area is 178 Å². The van der Waals surface area contributed by atoms with Crippen molar-refractivity contribution in [3.05, 3.63) is 47.7 Å². The van der Waals surface area contributed by atoms with Crippen molar-refractivity contribution in [1.29, 1.82) is 5.41 Å². The summed E-state index contributed by atoms with van der Waals surface area (Å²) >= 11 is 0. The second-order valence-corrected chi connectivity index (χ2v) is 7.07. The minimum atomic E-state index is -0.861. The van der Waals surface area contributed by atoms with E-state index in [1.165, 1.54) is 24.3 Å². The van der Waals surface area contributed by atoms with Crippen molar-refractivity contribution < 1.29 is 34.2 Å². The molecule has 10 heteroatoms. The van der Waals surface area contributed by atoms with Crippen LogP contribution in [0.1, 0.15) is 17.3 Å². The molecule has 0 fully saturated rings. The van der Waals surface area contributed by atoms with E-state index in [4.69, 9.17) is 20.1 Å². The van der Waals surface area contributed by atoms with Gasteiger partial charge >= 0.3 is 5.97 Å². The lowest BCUT2D eigenvalue weighted by atomic mass is 9.83. The number of carbonyl (C=O) groups excluding carboxylic acids is 3. The minimum Gasteiger partial charge on any atom is -0.507 e. The number of Topliss-reactive ketones (excluding diaryl/α,β-unsaturated/α-hetero) is 2. The van der Waals surface area contributed by atoms with Crippen LogP contribution in [0.2, 0.25) is 0 Å². The van der Waals surface area contributed by atoms with Crippen molar-refractivity contribution in [3.8, 4) is 11.5 Å². The molecule has 164 valence electrons. The molecule has 4 N–H and O–H groups in total. The molecule has 1 aliphatic heterocycles. The van der Waals surface area contributed by atoms with Gasteiger partial charge in [0.05, 0.1) is 30.6 Å². The number of hydroxylamine groups is 1. The molecular weight excluding hydrogens is 406 g/mol. The molecule has 1 aliphatic carbocycles. The van der Waals surface area contributed by atoms with Crippen molar-refractivity contribution >= 4 is 23.4 Å². The van der Waals surface area contributed by atoms with Crippen molar-refractivity contribution in [2.24, 2.45) is 11.8 Å². The van der Waals surface area contributed by atoms with Crippen molar-refractivity contribution in [3.63, 3.8) is 0 Å². The summed E-state index contributed by atoms with van der Waals surface area (Å²) in [6.07, 6.45) is 4.92. The Morgan fingerprint density at radius 2 is 2.13 bits per heavy atom. The van der Waals surface area contributed by atoms with Gasteiger partial charge in [-0.3, -0.25) is 25.7 Å². The number of amidine groups is 1. The Bertz CT molecular complexity index is 970. The van der Waals surface area contributed by atoms with Gasteiger partial charge in [0.25, 0.3) is 0 Å². The molecule has 1 aromatic rings. The van der Waals surface area contributed by atoms with Gasteiger partial charge in [-0.1, -0.05) is 12.2 Å². The maximum atomic E-state index is 12.8. The topological polar surface area (TPSA) is 149 Å². The van der Waals surface area contributed by atoms with Crippen LogP contribution in [0, 0.1) is 17.2 Å². The fourth-order valence-corrected chi connectivity index (χ4v) is 3.49. The van der Waals surface area contributed by atoms with Crippen LogP contribution in [-0.2, 0) is 14.3 Å². The predicted octanol–water partition coefficient (Wildman–Crippen LogP) is 1.04. The molecule has 0 radical (unpaired) electrons. The van der Waals surface area contributed by atoms with Crippen molar-refractivity contribution in [2.45, 2.75) is 6.92 Å². The second kappa shape index (κ2) is 9.43. The highest BCUT2D eigenvalue weighted by molar-refractivity contribution is 6.07. The van der Waals surface area contributed by atoms with Crippen LogP contribution in [0.25, 0.3) is 0 Å². The third-order valence-electron chi connectivity index (χ3n) is 4.99. The molecule has 3 rings (SSSR count). The summed E-state index contributed by atoms with van der Waals surface area (Å²) in [6, 6.07) is 4.09. The highest BCUT2D eigenvalue weighted by Crippen LogP contribution is 2.32. The first-order chi connectivity index (χ1) is 14.8. The Hall–Kier alpha value is -3.66. The highest BCUT2D eigenvalue weighted by Gasteiger charge is 2.38. The summed E-state index contributed by atoms with van der Waals surface area (Å²) in [6.45, 7) is 1.75. The zero-order valence-corrected chi connectivity index (χ0v) is 16.8. The molecular formula is C21H23N3O7. The normalized spacial score (nSPS) is 19.5. The van der Waals surface area contributed by atoms with Gasteiger partial charge in [0, 0.05) is 12.7 Å². The van der Waals surface area contributed by atoms with Crippen LogP contribution in [0.4, 0.5) is 0 Å². The third-order valence-corrected chi connectivity index (χ3v) is 4.99. The quantitative estimate of drug-likeness (QED) is 0.156. The Kier molecular flexibility index (Phi) is 6.71. The van der Waals surface area contributed by atoms with Gasteiger partial charge in [0.15, 0.2) is 18.2 Å². The van der Waals surface area contributed by atoms with E-state index < -0.39 is 23.6 Å². The zero-order chi connectivity index (χ0) is 22.5. The Balaban J connectivity index is 1.65. The molecule has 0 aromatic heterocycles. The van der Waals surface area contributed by atoms with E-state index in [1.54, 1.807) is 29.6 Å². The molecule has 0 saturated heterocycles. The molecule has 31 heavy (non-hydrogen) atoms. The van der Waals surface area contributed by atoms with Crippen LogP contribution in [0.3, 0.4) is 0 Å². The number of ketones is 2. The van der Waals surface area contributed by atoms with E-state index in [1.807, 2.05) is 0 Å². The van der Waals surface area contributed by atoms with E-state index in [0.29, 0.717) is 0 Å². The number of benzene rings is 1. The number of carbonyl (C=O) groups is 3. The number of esters is 1. The van der Waals surface area contributed by atoms with Crippen LogP contribution < -0.4 is 10.2 Å². The zero-order valence-electron chi connectivity index (χ0n) is 16.8. The summed E-state index contributed by atoms with van der Waals surface area (Å²) < 4.78 is 10.1. The fourth-order valence-electron chi connectivity index (χ4n) is 3.49. The fraction of sp³-hybridized carbons (Fsp3) is 0.333. The van der Waals surface area contributed by atoms with Crippen LogP contribution in [0.5, 0.6) is 11.5 Å². The number of nitrogens with zero attached hydrogens (tertiary/aromatic N) is 1. The Morgan fingerprint density at radius 3 is 2.84 bits per heavy atom. The van der Waals surface area contributed by atoms with Gasteiger partial charge < -0.3 is 19.5 Å².